The van der Waals surface area contributed by atoms with Crippen LogP contribution in [0.5, 0.6) is 11.5 Å². The standard InChI is InChI=1S/C23H22N2O4/c26-20-11-9-16(13-24-20)25-22(27)18-6-3-7-19(21(18)23(25)28)29-17-10-8-14-4-1-2-5-15(14)12-17/h3,6-8,10,12,16H,1-2,4-5,9,11,13H2,(H,24,26). The molecular weight excluding hydrogens is 368 g/mol. The van der Waals surface area contributed by atoms with Gasteiger partial charge in [-0.2, -0.15) is 0 Å². The van der Waals surface area contributed by atoms with Crippen molar-refractivity contribution in [1.82, 2.24) is 10.2 Å². The number of nitrogens with one attached hydrogen (secondary N) is 1. The van der Waals surface area contributed by atoms with Crippen LogP contribution in [0, 0.1) is 0 Å². The molecule has 148 valence electrons. The molecule has 0 aromatic heterocycles. The molecule has 0 spiro atoms. The van der Waals surface area contributed by atoms with E-state index in [0.717, 1.165) is 12.8 Å². The van der Waals surface area contributed by atoms with E-state index in [4.69, 9.17) is 4.74 Å². The van der Waals surface area contributed by atoms with Gasteiger partial charge in [-0.15, -0.1) is 0 Å². The summed E-state index contributed by atoms with van der Waals surface area (Å²) < 4.78 is 6.09. The SMILES string of the molecule is O=C1CCC(N2C(=O)c3cccc(Oc4ccc5c(c4)CCCC5)c3C2=O)CN1. The van der Waals surface area contributed by atoms with E-state index in [0.29, 0.717) is 42.0 Å². The highest BCUT2D eigenvalue weighted by Crippen LogP contribution is 2.36. The van der Waals surface area contributed by atoms with Crippen LogP contribution in [-0.2, 0) is 17.6 Å². The Morgan fingerprint density at radius 2 is 1.76 bits per heavy atom. The fraction of sp³-hybridized carbons (Fsp3) is 0.348. The van der Waals surface area contributed by atoms with Gasteiger partial charge in [-0.25, -0.2) is 0 Å². The first-order valence-corrected chi connectivity index (χ1v) is 10.2. The third-order valence-corrected chi connectivity index (χ3v) is 6.06. The van der Waals surface area contributed by atoms with E-state index in [9.17, 15) is 14.4 Å². The van der Waals surface area contributed by atoms with Crippen molar-refractivity contribution in [1.29, 1.82) is 0 Å². The van der Waals surface area contributed by atoms with Gasteiger partial charge in [0.15, 0.2) is 0 Å². The van der Waals surface area contributed by atoms with Crippen LogP contribution in [0.3, 0.4) is 0 Å². The number of aryl methyl sites for hydroxylation is 2. The minimum atomic E-state index is -0.347. The molecule has 0 bridgehead atoms. The number of carbonyl (C=O) groups excluding carboxylic acids is 3. The summed E-state index contributed by atoms with van der Waals surface area (Å²) in [6, 6.07) is 10.9. The average molecular weight is 390 g/mol. The Morgan fingerprint density at radius 1 is 0.931 bits per heavy atom. The lowest BCUT2D eigenvalue weighted by Gasteiger charge is -2.29. The van der Waals surface area contributed by atoms with Crippen LogP contribution < -0.4 is 10.1 Å². The lowest BCUT2D eigenvalue weighted by atomic mass is 9.92. The maximum atomic E-state index is 13.1. The Bertz CT molecular complexity index is 1020. The maximum Gasteiger partial charge on any atom is 0.265 e. The zero-order chi connectivity index (χ0) is 20.0. The number of carbonyl (C=O) groups is 3. The number of hydrogen-bond acceptors (Lipinski definition) is 4. The Labute approximate surface area is 168 Å². The van der Waals surface area contributed by atoms with Crippen molar-refractivity contribution in [2.45, 2.75) is 44.6 Å². The average Bonchev–Trinajstić information content (AvgIpc) is 3.00. The second kappa shape index (κ2) is 7.03. The molecule has 1 unspecified atom stereocenters. The molecule has 2 aromatic carbocycles. The second-order valence-electron chi connectivity index (χ2n) is 7.90. The molecule has 1 fully saturated rings. The molecule has 3 amide bonds. The summed E-state index contributed by atoms with van der Waals surface area (Å²) in [5.74, 6) is 0.373. The number of benzene rings is 2. The zero-order valence-electron chi connectivity index (χ0n) is 16.1. The Hall–Kier alpha value is -3.15. The van der Waals surface area contributed by atoms with Crippen molar-refractivity contribution in [2.24, 2.45) is 0 Å². The number of amides is 3. The number of fused-ring (bicyclic) bond motifs is 2. The first-order chi connectivity index (χ1) is 14.1. The van der Waals surface area contributed by atoms with Crippen molar-refractivity contribution >= 4 is 17.7 Å². The predicted octanol–water partition coefficient (Wildman–Crippen LogP) is 3.23. The first kappa shape index (κ1) is 17.9. The molecule has 2 aromatic rings. The van der Waals surface area contributed by atoms with E-state index >= 15 is 0 Å². The molecule has 5 rings (SSSR count). The molecule has 1 aliphatic carbocycles. The molecule has 2 heterocycles. The molecule has 1 saturated heterocycles. The molecule has 3 aliphatic rings. The zero-order valence-corrected chi connectivity index (χ0v) is 16.1. The van der Waals surface area contributed by atoms with Gasteiger partial charge in [-0.1, -0.05) is 12.1 Å². The lowest BCUT2D eigenvalue weighted by molar-refractivity contribution is -0.123. The highest BCUT2D eigenvalue weighted by molar-refractivity contribution is 6.23. The van der Waals surface area contributed by atoms with Gasteiger partial charge in [0.05, 0.1) is 17.2 Å². The topological polar surface area (TPSA) is 75.7 Å². The summed E-state index contributed by atoms with van der Waals surface area (Å²) in [5, 5.41) is 2.74. The molecule has 2 aliphatic heterocycles. The Balaban J connectivity index is 1.44. The van der Waals surface area contributed by atoms with E-state index < -0.39 is 0 Å². The van der Waals surface area contributed by atoms with Crippen molar-refractivity contribution < 1.29 is 19.1 Å². The fourth-order valence-corrected chi connectivity index (χ4v) is 4.53. The molecular formula is C23H22N2O4. The van der Waals surface area contributed by atoms with E-state index in [1.54, 1.807) is 18.2 Å². The van der Waals surface area contributed by atoms with Crippen LogP contribution >= 0.6 is 0 Å². The fourth-order valence-electron chi connectivity index (χ4n) is 4.53. The van der Waals surface area contributed by atoms with Crippen molar-refractivity contribution in [2.75, 3.05) is 6.54 Å². The summed E-state index contributed by atoms with van der Waals surface area (Å²) >= 11 is 0. The molecule has 1 N–H and O–H groups in total. The maximum absolute atomic E-state index is 13.1. The normalized spacial score (nSPS) is 20.9. The molecule has 29 heavy (non-hydrogen) atoms. The van der Waals surface area contributed by atoms with Gasteiger partial charge in [0, 0.05) is 13.0 Å². The van der Waals surface area contributed by atoms with E-state index in [-0.39, 0.29) is 23.8 Å². The van der Waals surface area contributed by atoms with Crippen molar-refractivity contribution in [3.8, 4) is 11.5 Å². The number of rotatable bonds is 3. The lowest BCUT2D eigenvalue weighted by Crippen LogP contribution is -2.50. The second-order valence-corrected chi connectivity index (χ2v) is 7.90. The van der Waals surface area contributed by atoms with Crippen LogP contribution in [0.15, 0.2) is 36.4 Å². The Kier molecular flexibility index (Phi) is 4.34. The van der Waals surface area contributed by atoms with Crippen molar-refractivity contribution in [3.05, 3.63) is 58.7 Å². The van der Waals surface area contributed by atoms with Gasteiger partial charge < -0.3 is 10.1 Å². The van der Waals surface area contributed by atoms with Crippen LogP contribution in [0.4, 0.5) is 0 Å². The summed E-state index contributed by atoms with van der Waals surface area (Å²) in [6.07, 6.45) is 5.33. The number of nitrogens with zero attached hydrogens (tertiary/aromatic N) is 1. The highest BCUT2D eigenvalue weighted by atomic mass is 16.5. The molecule has 6 nitrogen and oxygen atoms in total. The van der Waals surface area contributed by atoms with E-state index in [1.807, 2.05) is 12.1 Å². The molecule has 1 atom stereocenters. The number of hydrogen-bond donors (Lipinski definition) is 1. The smallest absolute Gasteiger partial charge is 0.265 e. The monoisotopic (exact) mass is 390 g/mol. The van der Waals surface area contributed by atoms with Gasteiger partial charge in [-0.3, -0.25) is 19.3 Å². The minimum Gasteiger partial charge on any atom is -0.456 e. The summed E-state index contributed by atoms with van der Waals surface area (Å²) in [5.41, 5.74) is 3.33. The van der Waals surface area contributed by atoms with Crippen LogP contribution in [-0.4, -0.2) is 35.2 Å². The quantitative estimate of drug-likeness (QED) is 0.817. The van der Waals surface area contributed by atoms with Gasteiger partial charge in [0.2, 0.25) is 5.91 Å². The summed E-state index contributed by atoms with van der Waals surface area (Å²) in [7, 11) is 0. The summed E-state index contributed by atoms with van der Waals surface area (Å²) in [6.45, 7) is 0.297. The molecule has 6 heteroatoms. The minimum absolute atomic E-state index is 0.0470. The predicted molar refractivity (Wildman–Crippen MR) is 106 cm³/mol. The van der Waals surface area contributed by atoms with Crippen molar-refractivity contribution in [3.63, 3.8) is 0 Å². The van der Waals surface area contributed by atoms with Gasteiger partial charge in [-0.05, 0) is 67.5 Å². The van der Waals surface area contributed by atoms with Gasteiger partial charge in [0.1, 0.15) is 11.5 Å². The number of piperidine rings is 1. The third kappa shape index (κ3) is 3.09. The Morgan fingerprint density at radius 3 is 2.55 bits per heavy atom. The van der Waals surface area contributed by atoms with Crippen LogP contribution in [0.1, 0.15) is 57.5 Å². The summed E-state index contributed by atoms with van der Waals surface area (Å²) in [4.78, 5) is 38.8. The third-order valence-electron chi connectivity index (χ3n) is 6.06. The van der Waals surface area contributed by atoms with Gasteiger partial charge >= 0.3 is 0 Å². The highest BCUT2D eigenvalue weighted by Gasteiger charge is 2.43. The molecule has 0 saturated carbocycles. The largest absolute Gasteiger partial charge is 0.456 e. The number of ether oxygens (including phenoxy) is 1. The first-order valence-electron chi connectivity index (χ1n) is 10.2. The van der Waals surface area contributed by atoms with E-state index in [2.05, 4.69) is 11.4 Å². The van der Waals surface area contributed by atoms with Crippen LogP contribution in [0.2, 0.25) is 0 Å². The van der Waals surface area contributed by atoms with Gasteiger partial charge in [0.25, 0.3) is 11.8 Å². The van der Waals surface area contributed by atoms with Crippen LogP contribution in [0.25, 0.3) is 0 Å². The molecule has 0 radical (unpaired) electrons. The number of imide groups is 1. The van der Waals surface area contributed by atoms with E-state index in [1.165, 1.54) is 28.9 Å².